The topological polar surface area (TPSA) is 9.23 Å². The van der Waals surface area contributed by atoms with Gasteiger partial charge in [-0.15, -0.1) is 0 Å². The van der Waals surface area contributed by atoms with Crippen LogP contribution < -0.4 is 4.74 Å². The summed E-state index contributed by atoms with van der Waals surface area (Å²) in [6, 6.07) is 5.23. The molecule has 0 amide bonds. The molecule has 1 nitrogen and oxygen atoms in total. The first-order valence-electron chi connectivity index (χ1n) is 5.91. The van der Waals surface area contributed by atoms with Gasteiger partial charge in [-0.3, -0.25) is 0 Å². The standard InChI is InChI=1S/C14H6Cl3F5O/c15-9-5-11(17)10(16)4-7(9)6-2-1-3-8(14(20,21)22)12(6)23-13(18)19/h1-5,13H. The molecule has 2 aromatic rings. The average molecular weight is 392 g/mol. The maximum Gasteiger partial charge on any atom is 0.419 e. The molecule has 0 saturated carbocycles. The predicted molar refractivity (Wildman–Crippen MR) is 78.5 cm³/mol. The van der Waals surface area contributed by atoms with Crippen molar-refractivity contribution in [2.75, 3.05) is 0 Å². The maximum atomic E-state index is 13.0. The van der Waals surface area contributed by atoms with Crippen LogP contribution in [0.3, 0.4) is 0 Å². The number of rotatable bonds is 3. The minimum atomic E-state index is -4.89. The lowest BCUT2D eigenvalue weighted by Gasteiger charge is -2.18. The molecule has 9 heteroatoms. The Morgan fingerprint density at radius 2 is 1.48 bits per heavy atom. The molecular weight excluding hydrogens is 386 g/mol. The molecule has 0 atom stereocenters. The van der Waals surface area contributed by atoms with Gasteiger partial charge in [0.25, 0.3) is 0 Å². The molecule has 0 N–H and O–H groups in total. The summed E-state index contributed by atoms with van der Waals surface area (Å²) in [5.74, 6) is -1.03. The van der Waals surface area contributed by atoms with Gasteiger partial charge in [-0.05, 0) is 18.2 Å². The number of ether oxygens (including phenoxy) is 1. The Morgan fingerprint density at radius 3 is 2.04 bits per heavy atom. The van der Waals surface area contributed by atoms with Gasteiger partial charge < -0.3 is 4.74 Å². The van der Waals surface area contributed by atoms with Crippen LogP contribution in [0, 0.1) is 0 Å². The van der Waals surface area contributed by atoms with Crippen molar-refractivity contribution < 1.29 is 26.7 Å². The monoisotopic (exact) mass is 390 g/mol. The predicted octanol–water partition coefficient (Wildman–Crippen LogP) is 6.93. The van der Waals surface area contributed by atoms with Gasteiger partial charge in [0.05, 0.1) is 20.6 Å². The second kappa shape index (κ2) is 6.71. The fourth-order valence-corrected chi connectivity index (χ4v) is 2.57. The van der Waals surface area contributed by atoms with Crippen molar-refractivity contribution in [1.29, 1.82) is 0 Å². The third-order valence-corrected chi connectivity index (χ3v) is 3.86. The van der Waals surface area contributed by atoms with Gasteiger partial charge >= 0.3 is 12.8 Å². The van der Waals surface area contributed by atoms with Gasteiger partial charge in [0, 0.05) is 11.1 Å². The van der Waals surface area contributed by atoms with Crippen LogP contribution in [0.2, 0.25) is 15.1 Å². The molecule has 0 aromatic heterocycles. The van der Waals surface area contributed by atoms with E-state index in [-0.39, 0.29) is 26.2 Å². The van der Waals surface area contributed by atoms with E-state index in [2.05, 4.69) is 4.74 Å². The van der Waals surface area contributed by atoms with Crippen LogP contribution in [-0.2, 0) is 6.18 Å². The Labute approximate surface area is 142 Å². The molecule has 0 bridgehead atoms. The quantitative estimate of drug-likeness (QED) is 0.407. The SMILES string of the molecule is FC(F)Oc1c(-c2cc(Cl)c(Cl)cc2Cl)cccc1C(F)(F)F. The summed E-state index contributed by atoms with van der Waals surface area (Å²) < 4.78 is 68.3. The second-order valence-electron chi connectivity index (χ2n) is 4.30. The highest BCUT2D eigenvalue weighted by Crippen LogP contribution is 2.45. The highest BCUT2D eigenvalue weighted by molar-refractivity contribution is 6.44. The zero-order valence-electron chi connectivity index (χ0n) is 10.9. The highest BCUT2D eigenvalue weighted by Gasteiger charge is 2.36. The van der Waals surface area contributed by atoms with Crippen LogP contribution >= 0.6 is 34.8 Å². The van der Waals surface area contributed by atoms with E-state index in [0.29, 0.717) is 6.07 Å². The van der Waals surface area contributed by atoms with Crippen LogP contribution in [0.1, 0.15) is 5.56 Å². The minimum absolute atomic E-state index is 0.00600. The van der Waals surface area contributed by atoms with Crippen molar-refractivity contribution in [3.05, 3.63) is 51.0 Å². The first kappa shape index (κ1) is 18.1. The summed E-state index contributed by atoms with van der Waals surface area (Å²) in [4.78, 5) is 0. The maximum absolute atomic E-state index is 13.0. The van der Waals surface area contributed by atoms with E-state index in [9.17, 15) is 22.0 Å². The Kier molecular flexibility index (Phi) is 5.28. The Morgan fingerprint density at radius 1 is 0.870 bits per heavy atom. The molecule has 2 aromatic carbocycles. The van der Waals surface area contributed by atoms with Gasteiger partial charge in [0.1, 0.15) is 5.75 Å². The first-order valence-corrected chi connectivity index (χ1v) is 7.04. The van der Waals surface area contributed by atoms with Gasteiger partial charge in [0.15, 0.2) is 0 Å². The van der Waals surface area contributed by atoms with Crippen molar-refractivity contribution >= 4 is 34.8 Å². The van der Waals surface area contributed by atoms with Crippen LogP contribution in [0.25, 0.3) is 11.1 Å². The summed E-state index contributed by atoms with van der Waals surface area (Å²) in [5.41, 5.74) is -1.64. The molecule has 2 rings (SSSR count). The molecule has 0 heterocycles. The largest absolute Gasteiger partial charge is 0.434 e. The lowest BCUT2D eigenvalue weighted by molar-refractivity contribution is -0.141. The van der Waals surface area contributed by atoms with Crippen molar-refractivity contribution in [2.45, 2.75) is 12.8 Å². The van der Waals surface area contributed by atoms with Gasteiger partial charge in [-0.2, -0.15) is 22.0 Å². The molecule has 0 aliphatic carbocycles. The summed E-state index contributed by atoms with van der Waals surface area (Å²) >= 11 is 17.5. The van der Waals surface area contributed by atoms with Gasteiger partial charge in [-0.1, -0.05) is 46.9 Å². The zero-order valence-corrected chi connectivity index (χ0v) is 13.2. The Hall–Kier alpha value is -1.24. The van der Waals surface area contributed by atoms with E-state index in [1.165, 1.54) is 18.2 Å². The summed E-state index contributed by atoms with van der Waals surface area (Å²) in [5, 5.41) is 0.0213. The van der Waals surface area contributed by atoms with Crippen LogP contribution in [0.5, 0.6) is 5.75 Å². The number of para-hydroxylation sites is 1. The van der Waals surface area contributed by atoms with E-state index in [0.717, 1.165) is 6.07 Å². The highest BCUT2D eigenvalue weighted by atomic mass is 35.5. The smallest absolute Gasteiger partial charge is 0.419 e. The van der Waals surface area contributed by atoms with E-state index < -0.39 is 24.1 Å². The molecule has 23 heavy (non-hydrogen) atoms. The van der Waals surface area contributed by atoms with Crippen LogP contribution in [0.4, 0.5) is 22.0 Å². The second-order valence-corrected chi connectivity index (χ2v) is 5.53. The first-order chi connectivity index (χ1) is 10.6. The van der Waals surface area contributed by atoms with Gasteiger partial charge in [-0.25, -0.2) is 0 Å². The molecule has 0 spiro atoms. The molecule has 0 saturated heterocycles. The Bertz CT molecular complexity index is 731. The minimum Gasteiger partial charge on any atom is -0.434 e. The van der Waals surface area contributed by atoms with Crippen LogP contribution in [0.15, 0.2) is 30.3 Å². The van der Waals surface area contributed by atoms with E-state index in [4.69, 9.17) is 34.8 Å². The fourth-order valence-electron chi connectivity index (χ4n) is 1.92. The average Bonchev–Trinajstić information content (AvgIpc) is 2.41. The molecule has 0 aliphatic rings. The molecule has 0 fully saturated rings. The number of alkyl halides is 5. The van der Waals surface area contributed by atoms with Crippen LogP contribution in [-0.4, -0.2) is 6.61 Å². The summed E-state index contributed by atoms with van der Waals surface area (Å²) in [6.07, 6.45) is -4.89. The molecular formula is C14H6Cl3F5O. The summed E-state index contributed by atoms with van der Waals surface area (Å²) in [7, 11) is 0. The molecule has 0 radical (unpaired) electrons. The molecule has 0 unspecified atom stereocenters. The number of hydrogen-bond donors (Lipinski definition) is 0. The molecule has 124 valence electrons. The van der Waals surface area contributed by atoms with Crippen molar-refractivity contribution in [3.63, 3.8) is 0 Å². The van der Waals surface area contributed by atoms with Crippen molar-refractivity contribution in [2.24, 2.45) is 0 Å². The van der Waals surface area contributed by atoms with E-state index in [1.54, 1.807) is 0 Å². The van der Waals surface area contributed by atoms with Crippen molar-refractivity contribution in [1.82, 2.24) is 0 Å². The normalized spacial score (nSPS) is 11.9. The zero-order chi connectivity index (χ0) is 17.4. The molecule has 0 aliphatic heterocycles. The fraction of sp³-hybridized carbons (Fsp3) is 0.143. The van der Waals surface area contributed by atoms with E-state index >= 15 is 0 Å². The van der Waals surface area contributed by atoms with Crippen molar-refractivity contribution in [3.8, 4) is 16.9 Å². The summed E-state index contributed by atoms with van der Waals surface area (Å²) in [6.45, 7) is -3.45. The van der Waals surface area contributed by atoms with Gasteiger partial charge in [0.2, 0.25) is 0 Å². The third-order valence-electron chi connectivity index (χ3n) is 2.83. The lowest BCUT2D eigenvalue weighted by Crippen LogP contribution is -2.12. The number of hydrogen-bond acceptors (Lipinski definition) is 1. The van der Waals surface area contributed by atoms with E-state index in [1.807, 2.05) is 0 Å². The number of halogens is 8. The third kappa shape index (κ3) is 4.00. The number of benzene rings is 2. The lowest BCUT2D eigenvalue weighted by atomic mass is 10.0. The Balaban J connectivity index is 2.74.